The van der Waals surface area contributed by atoms with Crippen LogP contribution in [0, 0.1) is 0 Å². The number of hydrogen-bond donors (Lipinski definition) is 3. The number of nitrogens with two attached hydrogens (primary N) is 1. The van der Waals surface area contributed by atoms with Crippen molar-refractivity contribution in [1.29, 1.82) is 0 Å². The van der Waals surface area contributed by atoms with Crippen LogP contribution in [0.5, 0.6) is 0 Å². The average Bonchev–Trinajstić information content (AvgIpc) is 2.08. The molecule has 1 aromatic heterocycles. The summed E-state index contributed by atoms with van der Waals surface area (Å²) in [7, 11) is -1.66. The van der Waals surface area contributed by atoms with Gasteiger partial charge in [0.1, 0.15) is 0 Å². The van der Waals surface area contributed by atoms with Crippen molar-refractivity contribution < 1.29 is 0 Å². The molecule has 0 aliphatic heterocycles. The minimum Gasteiger partial charge on any atom is -0.273 e. The lowest BCUT2D eigenvalue weighted by molar-refractivity contribution is 1.25. The second-order valence-corrected chi connectivity index (χ2v) is 8.44. The van der Waals surface area contributed by atoms with Crippen molar-refractivity contribution >= 4 is 42.9 Å². The highest BCUT2D eigenvalue weighted by atomic mass is 33.5. The molecule has 0 aromatic carbocycles. The minimum absolute atomic E-state index is 0.800. The summed E-state index contributed by atoms with van der Waals surface area (Å²) in [5.74, 6) is 0. The molecule has 0 unspecified atom stereocenters. The molecule has 0 radical (unpaired) electrons. The Bertz CT molecular complexity index is 176. The lowest BCUT2D eigenvalue weighted by Crippen LogP contribution is -1.94. The van der Waals surface area contributed by atoms with E-state index in [0.717, 1.165) is 4.34 Å². The fourth-order valence-corrected chi connectivity index (χ4v) is 2.73. The maximum Gasteiger partial charge on any atom is 0.162 e. The molecule has 1 aromatic rings. The van der Waals surface area contributed by atoms with Gasteiger partial charge in [-0.15, -0.1) is 34.7 Å². The molecule has 1 rings (SSSR count). The molecule has 0 saturated heterocycles. The zero-order valence-electron chi connectivity index (χ0n) is 4.39. The standard InChI is InChI=1S/C3H6N2S4/c4-9(6,7)3-5-1-2-8-3/h1-2,6-7H,4H2. The first kappa shape index (κ1) is 7.74. The third-order valence-corrected chi connectivity index (χ3v) is 4.71. The van der Waals surface area contributed by atoms with E-state index in [2.05, 4.69) is 28.3 Å². The minimum atomic E-state index is -1.66. The van der Waals surface area contributed by atoms with E-state index in [1.165, 1.54) is 11.3 Å². The van der Waals surface area contributed by atoms with Crippen LogP contribution >= 0.6 is 42.9 Å². The first-order valence-corrected chi connectivity index (χ1v) is 6.74. The molecule has 0 fully saturated rings. The summed E-state index contributed by atoms with van der Waals surface area (Å²) in [5, 5.41) is 7.42. The molecule has 0 aliphatic rings. The first-order valence-electron chi connectivity index (χ1n) is 2.06. The van der Waals surface area contributed by atoms with Gasteiger partial charge < -0.3 is 0 Å². The normalized spacial score (nSPS) is 13.7. The quantitative estimate of drug-likeness (QED) is 0.476. The van der Waals surface area contributed by atoms with E-state index in [9.17, 15) is 0 Å². The third kappa shape index (κ3) is 2.05. The predicted octanol–water partition coefficient (Wildman–Crippen LogP) is 1.87. The fourth-order valence-electron chi connectivity index (χ4n) is 0.359. The van der Waals surface area contributed by atoms with Crippen LogP contribution in [0.1, 0.15) is 0 Å². The fraction of sp³-hybridized carbons (Fsp3) is 0. The van der Waals surface area contributed by atoms with Crippen molar-refractivity contribution in [3.05, 3.63) is 11.6 Å². The second-order valence-electron chi connectivity index (χ2n) is 1.39. The van der Waals surface area contributed by atoms with Crippen molar-refractivity contribution in [2.24, 2.45) is 5.14 Å². The van der Waals surface area contributed by atoms with Gasteiger partial charge in [-0.1, -0.05) is 0 Å². The van der Waals surface area contributed by atoms with Gasteiger partial charge in [-0.25, -0.2) is 4.98 Å². The number of hydrogen-bond acceptors (Lipinski definition) is 5. The summed E-state index contributed by atoms with van der Waals surface area (Å²) < 4.78 is 0.800. The van der Waals surface area contributed by atoms with E-state index >= 15 is 0 Å². The Hall–Kier alpha value is 0.640. The van der Waals surface area contributed by atoms with Crippen LogP contribution < -0.4 is 5.14 Å². The maximum absolute atomic E-state index is 5.56. The van der Waals surface area contributed by atoms with E-state index < -0.39 is 8.28 Å². The van der Waals surface area contributed by atoms with Crippen LogP contribution in [0.2, 0.25) is 0 Å². The summed E-state index contributed by atoms with van der Waals surface area (Å²) in [5.41, 5.74) is 0. The van der Waals surface area contributed by atoms with Crippen LogP contribution in [-0.2, 0) is 0 Å². The second kappa shape index (κ2) is 2.71. The molecule has 0 spiro atoms. The molecule has 52 valence electrons. The Morgan fingerprint density at radius 2 is 2.33 bits per heavy atom. The Kier molecular flexibility index (Phi) is 2.33. The highest BCUT2D eigenvalue weighted by Crippen LogP contribution is 2.57. The van der Waals surface area contributed by atoms with E-state index in [1.807, 2.05) is 5.38 Å². The van der Waals surface area contributed by atoms with Crippen LogP contribution in [-0.4, -0.2) is 4.98 Å². The van der Waals surface area contributed by atoms with E-state index in [1.54, 1.807) is 6.20 Å². The predicted molar refractivity (Wildman–Crippen MR) is 50.1 cm³/mol. The van der Waals surface area contributed by atoms with Crippen molar-refractivity contribution in [2.45, 2.75) is 4.34 Å². The third-order valence-electron chi connectivity index (χ3n) is 0.667. The molecule has 0 saturated carbocycles. The lowest BCUT2D eigenvalue weighted by Gasteiger charge is -2.17. The summed E-state index contributed by atoms with van der Waals surface area (Å²) >= 11 is 9.65. The first-order chi connectivity index (χ1) is 4.11. The van der Waals surface area contributed by atoms with Gasteiger partial charge in [-0.2, -0.15) is 0 Å². The molecule has 0 aliphatic carbocycles. The molecule has 9 heavy (non-hydrogen) atoms. The largest absolute Gasteiger partial charge is 0.273 e. The zero-order valence-corrected chi connectivity index (χ0v) is 7.81. The summed E-state index contributed by atoms with van der Waals surface area (Å²) in [6.45, 7) is 0. The topological polar surface area (TPSA) is 38.9 Å². The summed E-state index contributed by atoms with van der Waals surface area (Å²) in [6.07, 6.45) is 1.70. The highest BCUT2D eigenvalue weighted by molar-refractivity contribution is 9.17. The lowest BCUT2D eigenvalue weighted by atomic mass is 11.0. The zero-order chi connectivity index (χ0) is 6.91. The van der Waals surface area contributed by atoms with Gasteiger partial charge in [0.25, 0.3) is 0 Å². The van der Waals surface area contributed by atoms with Crippen molar-refractivity contribution in [2.75, 3.05) is 0 Å². The number of thiazole rings is 1. The van der Waals surface area contributed by atoms with E-state index in [-0.39, 0.29) is 0 Å². The van der Waals surface area contributed by atoms with Gasteiger partial charge in [0.2, 0.25) is 0 Å². The van der Waals surface area contributed by atoms with Crippen molar-refractivity contribution in [3.63, 3.8) is 0 Å². The van der Waals surface area contributed by atoms with Crippen molar-refractivity contribution in [1.82, 2.24) is 4.98 Å². The SMILES string of the molecule is NS(S)(S)c1nccs1. The number of nitrogens with zero attached hydrogens (tertiary/aromatic N) is 1. The van der Waals surface area contributed by atoms with Crippen molar-refractivity contribution in [3.8, 4) is 0 Å². The van der Waals surface area contributed by atoms with Gasteiger partial charge >= 0.3 is 0 Å². The van der Waals surface area contributed by atoms with Gasteiger partial charge in [0.15, 0.2) is 4.34 Å². The van der Waals surface area contributed by atoms with Gasteiger partial charge in [-0.05, 0) is 8.28 Å². The average molecular weight is 198 g/mol. The summed E-state index contributed by atoms with van der Waals surface area (Å²) in [4.78, 5) is 3.97. The molecule has 6 heteroatoms. The Balaban J connectivity index is 2.90. The van der Waals surface area contributed by atoms with Gasteiger partial charge in [-0.3, -0.25) is 5.14 Å². The molecule has 1 heterocycles. The molecule has 2 N–H and O–H groups in total. The van der Waals surface area contributed by atoms with Crippen LogP contribution in [0.3, 0.4) is 0 Å². The van der Waals surface area contributed by atoms with Gasteiger partial charge in [0, 0.05) is 11.6 Å². The molecule has 0 amide bonds. The highest BCUT2D eigenvalue weighted by Gasteiger charge is 2.12. The Morgan fingerprint density at radius 1 is 1.67 bits per heavy atom. The molecule has 0 bridgehead atoms. The number of aromatic nitrogens is 1. The molecular weight excluding hydrogens is 192 g/mol. The van der Waals surface area contributed by atoms with Crippen LogP contribution in [0.25, 0.3) is 0 Å². The number of rotatable bonds is 1. The smallest absolute Gasteiger partial charge is 0.162 e. The van der Waals surface area contributed by atoms with E-state index in [4.69, 9.17) is 5.14 Å². The molecular formula is C3H6N2S4. The van der Waals surface area contributed by atoms with E-state index in [0.29, 0.717) is 0 Å². The van der Waals surface area contributed by atoms with Gasteiger partial charge in [0.05, 0.1) is 0 Å². The molecule has 0 atom stereocenters. The Labute approximate surface area is 68.9 Å². The monoisotopic (exact) mass is 198 g/mol. The summed E-state index contributed by atoms with van der Waals surface area (Å²) in [6, 6.07) is 0. The van der Waals surface area contributed by atoms with Crippen LogP contribution in [0.15, 0.2) is 15.9 Å². The molecule has 2 nitrogen and oxygen atoms in total. The van der Waals surface area contributed by atoms with Crippen LogP contribution in [0.4, 0.5) is 0 Å². The Morgan fingerprint density at radius 3 is 2.56 bits per heavy atom. The number of thiol groups is 2. The maximum atomic E-state index is 5.56.